The zero-order valence-electron chi connectivity index (χ0n) is 9.67. The van der Waals surface area contributed by atoms with Crippen molar-refractivity contribution in [1.82, 2.24) is 5.32 Å². The second-order valence-corrected chi connectivity index (χ2v) is 3.83. The van der Waals surface area contributed by atoms with E-state index in [2.05, 4.69) is 11.9 Å². The van der Waals surface area contributed by atoms with Crippen LogP contribution in [0.5, 0.6) is 0 Å². The molecule has 0 spiro atoms. The first kappa shape index (κ1) is 12.9. The third kappa shape index (κ3) is 3.43. The van der Waals surface area contributed by atoms with Crippen molar-refractivity contribution in [1.29, 1.82) is 0 Å². The number of nitrogens with two attached hydrogens (primary N) is 1. The smallest absolute Gasteiger partial charge is 0.126 e. The molecule has 0 fully saturated rings. The highest BCUT2D eigenvalue weighted by Crippen LogP contribution is 2.15. The minimum atomic E-state index is -0.175. The van der Waals surface area contributed by atoms with Gasteiger partial charge in [0, 0.05) is 12.6 Å². The maximum atomic E-state index is 13.1. The van der Waals surface area contributed by atoms with E-state index in [4.69, 9.17) is 5.73 Å². The molecule has 0 saturated carbocycles. The summed E-state index contributed by atoms with van der Waals surface area (Å²) in [5.41, 5.74) is 7.38. The van der Waals surface area contributed by atoms with Gasteiger partial charge in [0.25, 0.3) is 0 Å². The van der Waals surface area contributed by atoms with Crippen molar-refractivity contribution in [3.63, 3.8) is 0 Å². The maximum absolute atomic E-state index is 13.1. The first-order valence-corrected chi connectivity index (χ1v) is 5.49. The summed E-state index contributed by atoms with van der Waals surface area (Å²) in [6.45, 7) is 6.76. The van der Waals surface area contributed by atoms with E-state index in [1.54, 1.807) is 13.0 Å². The van der Waals surface area contributed by atoms with Gasteiger partial charge < -0.3 is 11.1 Å². The van der Waals surface area contributed by atoms with Crippen LogP contribution in [0, 0.1) is 12.7 Å². The van der Waals surface area contributed by atoms with Crippen LogP contribution in [0.2, 0.25) is 0 Å². The Hall–Kier alpha value is -1.19. The van der Waals surface area contributed by atoms with Crippen LogP contribution in [0.3, 0.4) is 0 Å². The summed E-state index contributed by atoms with van der Waals surface area (Å²) in [5.74, 6) is -0.175. The summed E-state index contributed by atoms with van der Waals surface area (Å²) in [7, 11) is 0. The van der Waals surface area contributed by atoms with Crippen molar-refractivity contribution in [2.24, 2.45) is 5.73 Å². The Bertz CT molecular complexity index is 350. The lowest BCUT2D eigenvalue weighted by atomic mass is 10.0. The lowest BCUT2D eigenvalue weighted by Crippen LogP contribution is -2.28. The molecule has 1 aromatic carbocycles. The molecule has 3 heteroatoms. The van der Waals surface area contributed by atoms with Gasteiger partial charge in [-0.2, -0.15) is 0 Å². The Kier molecular flexibility index (Phi) is 5.15. The lowest BCUT2D eigenvalue weighted by Gasteiger charge is -2.17. The molecule has 16 heavy (non-hydrogen) atoms. The van der Waals surface area contributed by atoms with E-state index in [1.807, 2.05) is 12.1 Å². The Morgan fingerprint density at radius 2 is 2.31 bits per heavy atom. The van der Waals surface area contributed by atoms with Gasteiger partial charge in [-0.05, 0) is 37.1 Å². The quantitative estimate of drug-likeness (QED) is 0.572. The monoisotopic (exact) mass is 222 g/mol. The van der Waals surface area contributed by atoms with Gasteiger partial charge in [-0.15, -0.1) is 6.58 Å². The standard InChI is InChI=1S/C13H19FN2/c1-3-4-7-16-13(9-15)11-5-6-12(14)10(2)8-11/h3,5-6,8,13,16H,1,4,7,9,15H2,2H3. The summed E-state index contributed by atoms with van der Waals surface area (Å²) in [4.78, 5) is 0. The van der Waals surface area contributed by atoms with Crippen molar-refractivity contribution in [3.8, 4) is 0 Å². The molecular formula is C13H19FN2. The highest BCUT2D eigenvalue weighted by atomic mass is 19.1. The van der Waals surface area contributed by atoms with Gasteiger partial charge in [-0.25, -0.2) is 4.39 Å². The van der Waals surface area contributed by atoms with Crippen molar-refractivity contribution in [3.05, 3.63) is 47.8 Å². The molecule has 1 unspecified atom stereocenters. The molecule has 0 heterocycles. The van der Waals surface area contributed by atoms with Crippen LogP contribution < -0.4 is 11.1 Å². The largest absolute Gasteiger partial charge is 0.329 e. The number of rotatable bonds is 6. The van der Waals surface area contributed by atoms with Crippen LogP contribution in [-0.2, 0) is 0 Å². The van der Waals surface area contributed by atoms with Crippen LogP contribution in [0.25, 0.3) is 0 Å². The van der Waals surface area contributed by atoms with Crippen LogP contribution in [0.15, 0.2) is 30.9 Å². The van der Waals surface area contributed by atoms with Crippen molar-refractivity contribution in [2.75, 3.05) is 13.1 Å². The van der Waals surface area contributed by atoms with Crippen molar-refractivity contribution < 1.29 is 4.39 Å². The predicted molar refractivity (Wildman–Crippen MR) is 65.7 cm³/mol. The van der Waals surface area contributed by atoms with Crippen molar-refractivity contribution >= 4 is 0 Å². The molecule has 0 saturated heterocycles. The second-order valence-electron chi connectivity index (χ2n) is 3.83. The van der Waals surface area contributed by atoms with Crippen LogP contribution in [0.4, 0.5) is 4.39 Å². The van der Waals surface area contributed by atoms with Crippen LogP contribution >= 0.6 is 0 Å². The Morgan fingerprint density at radius 1 is 1.56 bits per heavy atom. The van der Waals surface area contributed by atoms with Gasteiger partial charge in [-0.1, -0.05) is 18.2 Å². The molecule has 1 rings (SSSR count). The van der Waals surface area contributed by atoms with Crippen LogP contribution in [0.1, 0.15) is 23.6 Å². The molecule has 0 amide bonds. The number of nitrogens with one attached hydrogen (secondary N) is 1. The summed E-state index contributed by atoms with van der Waals surface area (Å²) < 4.78 is 13.1. The van der Waals surface area contributed by atoms with E-state index in [-0.39, 0.29) is 11.9 Å². The molecule has 0 bridgehead atoms. The highest BCUT2D eigenvalue weighted by Gasteiger charge is 2.09. The van der Waals surface area contributed by atoms with E-state index in [0.717, 1.165) is 18.5 Å². The average Bonchev–Trinajstić information content (AvgIpc) is 2.29. The number of hydrogen-bond acceptors (Lipinski definition) is 2. The second kappa shape index (κ2) is 6.40. The van der Waals surface area contributed by atoms with Gasteiger partial charge in [0.2, 0.25) is 0 Å². The topological polar surface area (TPSA) is 38.0 Å². The van der Waals surface area contributed by atoms with E-state index in [1.165, 1.54) is 6.07 Å². The van der Waals surface area contributed by atoms with E-state index in [0.29, 0.717) is 12.1 Å². The molecule has 0 aliphatic carbocycles. The first-order chi connectivity index (χ1) is 7.69. The third-order valence-electron chi connectivity index (χ3n) is 2.56. The minimum absolute atomic E-state index is 0.0826. The van der Waals surface area contributed by atoms with Gasteiger partial charge in [-0.3, -0.25) is 0 Å². The molecule has 0 aromatic heterocycles. The molecule has 3 N–H and O–H groups in total. The van der Waals surface area contributed by atoms with Gasteiger partial charge in [0.05, 0.1) is 0 Å². The number of hydrogen-bond donors (Lipinski definition) is 2. The van der Waals surface area contributed by atoms with E-state index in [9.17, 15) is 4.39 Å². The first-order valence-electron chi connectivity index (χ1n) is 5.49. The fourth-order valence-electron chi connectivity index (χ4n) is 1.58. The van der Waals surface area contributed by atoms with Gasteiger partial charge in [0.15, 0.2) is 0 Å². The summed E-state index contributed by atoms with van der Waals surface area (Å²) in [5, 5.41) is 3.31. The molecular weight excluding hydrogens is 203 g/mol. The number of aryl methyl sites for hydroxylation is 1. The Balaban J connectivity index is 2.70. The van der Waals surface area contributed by atoms with Crippen LogP contribution in [-0.4, -0.2) is 13.1 Å². The summed E-state index contributed by atoms with van der Waals surface area (Å²) >= 11 is 0. The Labute approximate surface area is 96.4 Å². The predicted octanol–water partition coefficient (Wildman–Crippen LogP) is 2.30. The molecule has 0 aliphatic heterocycles. The SMILES string of the molecule is C=CCCNC(CN)c1ccc(F)c(C)c1. The molecule has 0 radical (unpaired) electrons. The normalized spacial score (nSPS) is 12.4. The average molecular weight is 222 g/mol. The molecule has 1 atom stereocenters. The minimum Gasteiger partial charge on any atom is -0.329 e. The zero-order valence-corrected chi connectivity index (χ0v) is 9.67. The van der Waals surface area contributed by atoms with Gasteiger partial charge in [0.1, 0.15) is 5.82 Å². The van der Waals surface area contributed by atoms with Gasteiger partial charge >= 0.3 is 0 Å². The summed E-state index contributed by atoms with van der Waals surface area (Å²) in [6, 6.07) is 5.19. The summed E-state index contributed by atoms with van der Waals surface area (Å²) in [6.07, 6.45) is 2.76. The molecule has 0 aliphatic rings. The maximum Gasteiger partial charge on any atom is 0.126 e. The fourth-order valence-corrected chi connectivity index (χ4v) is 1.58. The highest BCUT2D eigenvalue weighted by molar-refractivity contribution is 5.26. The molecule has 2 nitrogen and oxygen atoms in total. The lowest BCUT2D eigenvalue weighted by molar-refractivity contribution is 0.545. The molecule has 88 valence electrons. The number of halogens is 1. The van der Waals surface area contributed by atoms with Crippen molar-refractivity contribution in [2.45, 2.75) is 19.4 Å². The van der Waals surface area contributed by atoms with E-state index >= 15 is 0 Å². The zero-order chi connectivity index (χ0) is 12.0. The Morgan fingerprint density at radius 3 is 2.88 bits per heavy atom. The fraction of sp³-hybridized carbons (Fsp3) is 0.385. The molecule has 1 aromatic rings. The third-order valence-corrected chi connectivity index (χ3v) is 2.56. The van der Waals surface area contributed by atoms with E-state index < -0.39 is 0 Å². The number of benzene rings is 1.